The summed E-state index contributed by atoms with van der Waals surface area (Å²) in [6, 6.07) is 1.33. The van der Waals surface area contributed by atoms with E-state index in [1.807, 2.05) is 0 Å². The Balaban J connectivity index is 2.49. The van der Waals surface area contributed by atoms with Gasteiger partial charge < -0.3 is 25.4 Å². The number of nitrogens with zero attached hydrogens (tertiary/aromatic N) is 2. The van der Waals surface area contributed by atoms with E-state index in [0.717, 1.165) is 25.9 Å². The number of likely N-dealkylation sites (tertiary alicyclic amines) is 1. The highest BCUT2D eigenvalue weighted by atomic mass is 16.5. The summed E-state index contributed by atoms with van der Waals surface area (Å²) in [5.41, 5.74) is -0.206. The summed E-state index contributed by atoms with van der Waals surface area (Å²) in [5.74, 6) is 12.4. The average molecular weight is 452 g/mol. The summed E-state index contributed by atoms with van der Waals surface area (Å²) in [4.78, 5) is 4.49. The number of ether oxygens (including phenoxy) is 1. The maximum absolute atomic E-state index is 10.2. The quantitative estimate of drug-likeness (QED) is 0.325. The zero-order valence-electron chi connectivity index (χ0n) is 20.9. The van der Waals surface area contributed by atoms with E-state index in [1.165, 1.54) is 0 Å². The topological polar surface area (TPSA) is 88.4 Å². The normalized spacial score (nSPS) is 17.8. The van der Waals surface area contributed by atoms with Crippen molar-refractivity contribution < 1.29 is 20.1 Å². The van der Waals surface area contributed by atoms with Gasteiger partial charge in [-0.3, -0.25) is 9.80 Å². The molecule has 32 heavy (non-hydrogen) atoms. The number of nitrogens with one attached hydrogen (secondary N) is 1. The van der Waals surface area contributed by atoms with Crippen LogP contribution in [0.1, 0.15) is 54.4 Å². The number of hydrogen-bond donors (Lipinski definition) is 4. The van der Waals surface area contributed by atoms with Gasteiger partial charge in [0.05, 0.1) is 38.0 Å². The summed E-state index contributed by atoms with van der Waals surface area (Å²) in [5, 5.41) is 31.9. The summed E-state index contributed by atoms with van der Waals surface area (Å²) in [6.07, 6.45) is 0.676. The maximum atomic E-state index is 10.2. The number of aliphatic hydroxyl groups is 3. The second-order valence-corrected chi connectivity index (χ2v) is 9.74. The van der Waals surface area contributed by atoms with Gasteiger partial charge in [-0.1, -0.05) is 25.7 Å². The summed E-state index contributed by atoms with van der Waals surface area (Å²) < 4.78 is 5.24. The molecule has 7 nitrogen and oxygen atoms in total. The molecule has 0 radical (unpaired) electrons. The Hall–Kier alpha value is -1.16. The van der Waals surface area contributed by atoms with Gasteiger partial charge in [-0.2, -0.15) is 0 Å². The molecule has 0 amide bonds. The zero-order chi connectivity index (χ0) is 24.1. The Kier molecular flexibility index (Phi) is 13.4. The first-order valence-corrected chi connectivity index (χ1v) is 11.8. The third-order valence-corrected chi connectivity index (χ3v) is 5.66. The van der Waals surface area contributed by atoms with Crippen LogP contribution in [0.3, 0.4) is 0 Å². The second-order valence-electron chi connectivity index (χ2n) is 9.74. The highest BCUT2D eigenvalue weighted by molar-refractivity contribution is 5.30. The van der Waals surface area contributed by atoms with Gasteiger partial charge in [0.15, 0.2) is 0 Å². The molecule has 7 heteroatoms. The summed E-state index contributed by atoms with van der Waals surface area (Å²) in [7, 11) is 0. The Morgan fingerprint density at radius 3 is 2.25 bits per heavy atom. The van der Waals surface area contributed by atoms with Gasteiger partial charge in [-0.05, 0) is 52.4 Å². The van der Waals surface area contributed by atoms with Crippen LogP contribution in [0.15, 0.2) is 0 Å². The fourth-order valence-corrected chi connectivity index (χ4v) is 3.70. The van der Waals surface area contributed by atoms with Crippen LogP contribution >= 0.6 is 0 Å². The van der Waals surface area contributed by atoms with E-state index in [1.54, 1.807) is 0 Å². The van der Waals surface area contributed by atoms with Gasteiger partial charge in [0.1, 0.15) is 6.10 Å². The maximum Gasteiger partial charge on any atom is 0.100 e. The fraction of sp³-hybridized carbons (Fsp3) is 0.840. The Labute approximate surface area is 195 Å². The average Bonchev–Trinajstić information content (AvgIpc) is 2.72. The molecular weight excluding hydrogens is 406 g/mol. The number of piperidine rings is 1. The molecule has 184 valence electrons. The lowest BCUT2D eigenvalue weighted by molar-refractivity contribution is -0.0323. The Morgan fingerprint density at radius 1 is 1.06 bits per heavy atom. The van der Waals surface area contributed by atoms with Crippen molar-refractivity contribution in [2.45, 2.75) is 90.3 Å². The molecule has 0 saturated carbocycles. The van der Waals surface area contributed by atoms with Crippen molar-refractivity contribution in [1.82, 2.24) is 15.1 Å². The van der Waals surface area contributed by atoms with Gasteiger partial charge in [-0.25, -0.2) is 0 Å². The van der Waals surface area contributed by atoms with E-state index in [-0.39, 0.29) is 31.4 Å². The molecule has 0 aliphatic carbocycles. The van der Waals surface area contributed by atoms with Crippen LogP contribution in [0, 0.1) is 23.7 Å². The molecule has 0 aromatic carbocycles. The molecule has 1 aliphatic heterocycles. The molecule has 0 aromatic heterocycles. The molecule has 0 bridgehead atoms. The van der Waals surface area contributed by atoms with Gasteiger partial charge in [0.2, 0.25) is 0 Å². The minimum absolute atomic E-state index is 0.00628. The van der Waals surface area contributed by atoms with Crippen molar-refractivity contribution in [3.05, 3.63) is 0 Å². The van der Waals surface area contributed by atoms with Crippen LogP contribution < -0.4 is 5.32 Å². The molecule has 2 unspecified atom stereocenters. The van der Waals surface area contributed by atoms with Crippen molar-refractivity contribution in [2.24, 2.45) is 0 Å². The zero-order valence-corrected chi connectivity index (χ0v) is 20.9. The predicted molar refractivity (Wildman–Crippen MR) is 129 cm³/mol. The van der Waals surface area contributed by atoms with Crippen molar-refractivity contribution in [3.63, 3.8) is 0 Å². The van der Waals surface area contributed by atoms with Crippen LogP contribution in [0.5, 0.6) is 0 Å². The standard InChI is InChI=1S/C25H45N3O4/c1-20(2)26-22-10-14-28(15-11-22)25(5,6)12-8-7-9-13-27(21(3)4)16-23(30)18-32-19-24(31)17-29/h20-24,26,29-31H,10-11,13-19H2,1-6H3. The SMILES string of the molecule is CC(C)NC1CCN(C(C)(C)C#CC#CCN(CC(O)COCC(O)CO)C(C)C)CC1. The number of rotatable bonds is 12. The van der Waals surface area contributed by atoms with Crippen LogP contribution in [-0.4, -0.2) is 107 Å². The highest BCUT2D eigenvalue weighted by Crippen LogP contribution is 2.20. The molecule has 1 heterocycles. The van der Waals surface area contributed by atoms with E-state index < -0.39 is 12.2 Å². The highest BCUT2D eigenvalue weighted by Gasteiger charge is 2.29. The molecule has 1 fully saturated rings. The minimum atomic E-state index is -0.917. The lowest BCUT2D eigenvalue weighted by atomic mass is 9.96. The Bertz CT molecular complexity index is 637. The van der Waals surface area contributed by atoms with Gasteiger partial charge in [0, 0.05) is 37.8 Å². The molecule has 1 aliphatic rings. The van der Waals surface area contributed by atoms with Crippen LogP contribution in [0.4, 0.5) is 0 Å². The van der Waals surface area contributed by atoms with Gasteiger partial charge in [0.25, 0.3) is 0 Å². The van der Waals surface area contributed by atoms with Gasteiger partial charge in [-0.15, -0.1) is 0 Å². The smallest absolute Gasteiger partial charge is 0.100 e. The van der Waals surface area contributed by atoms with Crippen LogP contribution in [-0.2, 0) is 4.74 Å². The first kappa shape index (κ1) is 28.9. The molecule has 0 spiro atoms. The van der Waals surface area contributed by atoms with Crippen LogP contribution in [0.25, 0.3) is 0 Å². The van der Waals surface area contributed by atoms with Crippen molar-refractivity contribution in [3.8, 4) is 23.7 Å². The Morgan fingerprint density at radius 2 is 1.69 bits per heavy atom. The molecule has 1 saturated heterocycles. The molecular formula is C25H45N3O4. The van der Waals surface area contributed by atoms with Crippen molar-refractivity contribution in [1.29, 1.82) is 0 Å². The lowest BCUT2D eigenvalue weighted by Crippen LogP contribution is -2.51. The van der Waals surface area contributed by atoms with Crippen molar-refractivity contribution >= 4 is 0 Å². The third-order valence-electron chi connectivity index (χ3n) is 5.66. The summed E-state index contributed by atoms with van der Waals surface area (Å²) in [6.45, 7) is 15.6. The predicted octanol–water partition coefficient (Wildman–Crippen LogP) is 0.675. The van der Waals surface area contributed by atoms with E-state index >= 15 is 0 Å². The first-order chi connectivity index (χ1) is 15.0. The second kappa shape index (κ2) is 14.9. The number of hydrogen-bond acceptors (Lipinski definition) is 7. The van der Waals surface area contributed by atoms with Gasteiger partial charge >= 0.3 is 0 Å². The minimum Gasteiger partial charge on any atom is -0.394 e. The third kappa shape index (κ3) is 11.6. The number of aliphatic hydroxyl groups excluding tert-OH is 3. The van der Waals surface area contributed by atoms with E-state index in [9.17, 15) is 10.2 Å². The molecule has 0 aromatic rings. The van der Waals surface area contributed by atoms with E-state index in [4.69, 9.17) is 9.84 Å². The first-order valence-electron chi connectivity index (χ1n) is 11.8. The fourth-order valence-electron chi connectivity index (χ4n) is 3.70. The van der Waals surface area contributed by atoms with Crippen LogP contribution in [0.2, 0.25) is 0 Å². The molecule has 4 N–H and O–H groups in total. The van der Waals surface area contributed by atoms with E-state index in [2.05, 4.69) is 80.3 Å². The largest absolute Gasteiger partial charge is 0.394 e. The monoisotopic (exact) mass is 451 g/mol. The lowest BCUT2D eigenvalue weighted by Gasteiger charge is -2.40. The summed E-state index contributed by atoms with van der Waals surface area (Å²) >= 11 is 0. The molecule has 1 rings (SSSR count). The molecule has 2 atom stereocenters. The van der Waals surface area contributed by atoms with E-state index in [0.29, 0.717) is 25.2 Å². The van der Waals surface area contributed by atoms with Crippen molar-refractivity contribution in [2.75, 3.05) is 46.0 Å².